The van der Waals surface area contributed by atoms with E-state index in [-0.39, 0.29) is 23.3 Å². The Labute approximate surface area is 140 Å². The fourth-order valence-corrected chi connectivity index (χ4v) is 3.20. The number of rotatable bonds is 6. The van der Waals surface area contributed by atoms with Crippen molar-refractivity contribution in [1.29, 1.82) is 0 Å². The van der Waals surface area contributed by atoms with Gasteiger partial charge in [0.2, 0.25) is 0 Å². The molecule has 23 heavy (non-hydrogen) atoms. The van der Waals surface area contributed by atoms with Crippen LogP contribution in [-0.2, 0) is 14.4 Å². The summed E-state index contributed by atoms with van der Waals surface area (Å²) < 4.78 is 0. The van der Waals surface area contributed by atoms with Gasteiger partial charge in [0.15, 0.2) is 10.8 Å². The van der Waals surface area contributed by atoms with Crippen LogP contribution in [0.15, 0.2) is 22.3 Å². The number of anilines is 1. The first-order chi connectivity index (χ1) is 11.0. The summed E-state index contributed by atoms with van der Waals surface area (Å²) in [6.07, 6.45) is 1.58. The zero-order valence-electron chi connectivity index (χ0n) is 12.1. The van der Waals surface area contributed by atoms with Crippen molar-refractivity contribution in [2.45, 2.75) is 5.37 Å². The van der Waals surface area contributed by atoms with Gasteiger partial charge in [0.1, 0.15) is 18.5 Å². The smallest absolute Gasteiger partial charge is 0.351 e. The number of aliphatic carboxylic acids is 1. The number of carboxylic acid groups (broad SMARTS) is 1. The third kappa shape index (κ3) is 4.60. The molecule has 0 aliphatic carbocycles. The highest BCUT2D eigenvalue weighted by atomic mass is 32.2. The molecule has 2 heterocycles. The Bertz CT molecular complexity index is 658. The molecule has 1 amide bonds. The van der Waals surface area contributed by atoms with Gasteiger partial charge in [0.05, 0.1) is 5.37 Å². The molecule has 2 rings (SSSR count). The maximum absolute atomic E-state index is 12.2. The van der Waals surface area contributed by atoms with Crippen molar-refractivity contribution in [2.24, 2.45) is 5.16 Å². The number of carbonyl (C=O) groups is 2. The third-order valence-electron chi connectivity index (χ3n) is 2.74. The molecule has 0 saturated heterocycles. The molecule has 1 aliphatic heterocycles. The Morgan fingerprint density at radius 2 is 2.43 bits per heavy atom. The largest absolute Gasteiger partial charge is 0.477 e. The Morgan fingerprint density at radius 1 is 1.65 bits per heavy atom. The van der Waals surface area contributed by atoms with E-state index in [4.69, 9.17) is 10.8 Å². The van der Waals surface area contributed by atoms with Gasteiger partial charge < -0.3 is 26.3 Å². The molecule has 0 saturated carbocycles. The maximum atomic E-state index is 12.2. The lowest BCUT2D eigenvalue weighted by molar-refractivity contribution is -0.133. The first-order valence-corrected chi connectivity index (χ1v) is 8.36. The molecule has 11 heteroatoms. The normalized spacial score (nSPS) is 17.9. The predicted octanol–water partition coefficient (Wildman–Crippen LogP) is -0.177. The number of thiazole rings is 1. The fourth-order valence-electron chi connectivity index (χ4n) is 1.74. The average molecular weight is 357 g/mol. The van der Waals surface area contributed by atoms with E-state index in [1.807, 2.05) is 0 Å². The maximum Gasteiger partial charge on any atom is 0.351 e. The molecule has 0 spiro atoms. The minimum absolute atomic E-state index is 0.00950. The van der Waals surface area contributed by atoms with E-state index in [1.54, 1.807) is 11.5 Å². The predicted molar refractivity (Wildman–Crippen MR) is 88.2 cm³/mol. The van der Waals surface area contributed by atoms with Crippen LogP contribution in [0.25, 0.3) is 0 Å². The minimum Gasteiger partial charge on any atom is -0.477 e. The Hall–Kier alpha value is -2.27. The molecule has 0 radical (unpaired) electrons. The van der Waals surface area contributed by atoms with Gasteiger partial charge >= 0.3 is 5.97 Å². The van der Waals surface area contributed by atoms with E-state index in [0.717, 1.165) is 0 Å². The molecular weight excluding hydrogens is 342 g/mol. The first kappa shape index (κ1) is 17.1. The number of nitrogen functional groups attached to an aromatic ring is 1. The van der Waals surface area contributed by atoms with Crippen molar-refractivity contribution in [3.8, 4) is 0 Å². The fraction of sp³-hybridized carbons (Fsp3) is 0.333. The van der Waals surface area contributed by atoms with E-state index in [1.165, 1.54) is 30.2 Å². The van der Waals surface area contributed by atoms with Crippen LogP contribution in [0.3, 0.4) is 0 Å². The van der Waals surface area contributed by atoms with Gasteiger partial charge in [-0.05, 0) is 6.08 Å². The van der Waals surface area contributed by atoms with E-state index < -0.39 is 11.9 Å². The second-order valence-corrected chi connectivity index (χ2v) is 6.42. The van der Waals surface area contributed by atoms with Crippen molar-refractivity contribution in [3.63, 3.8) is 0 Å². The highest BCUT2D eigenvalue weighted by Gasteiger charge is 2.22. The third-order valence-corrected chi connectivity index (χ3v) is 4.46. The number of carboxylic acids is 1. The average Bonchev–Trinajstić information content (AvgIpc) is 2.96. The van der Waals surface area contributed by atoms with Gasteiger partial charge in [0, 0.05) is 17.7 Å². The number of amides is 1. The number of oxime groups is 1. The van der Waals surface area contributed by atoms with E-state index in [9.17, 15) is 9.59 Å². The second kappa shape index (κ2) is 7.83. The number of carbonyl (C=O) groups excluding carboxylic acids is 1. The minimum atomic E-state index is -1.03. The quantitative estimate of drug-likeness (QED) is 0.406. The number of nitrogens with two attached hydrogens (primary N) is 1. The summed E-state index contributed by atoms with van der Waals surface area (Å²) in [6, 6.07) is 0. The van der Waals surface area contributed by atoms with E-state index in [2.05, 4.69) is 25.6 Å². The molecule has 0 aromatic carbocycles. The molecule has 1 aromatic rings. The van der Waals surface area contributed by atoms with Crippen molar-refractivity contribution >= 4 is 45.8 Å². The highest BCUT2D eigenvalue weighted by molar-refractivity contribution is 8.00. The van der Waals surface area contributed by atoms with Gasteiger partial charge in [-0.15, -0.1) is 23.1 Å². The van der Waals surface area contributed by atoms with Crippen LogP contribution in [0.1, 0.15) is 5.69 Å². The lowest BCUT2D eigenvalue weighted by atomic mass is 10.3. The van der Waals surface area contributed by atoms with Crippen LogP contribution in [0.5, 0.6) is 0 Å². The Morgan fingerprint density at radius 3 is 3.04 bits per heavy atom. The molecule has 0 unspecified atom stereocenters. The van der Waals surface area contributed by atoms with Gasteiger partial charge in [-0.1, -0.05) is 5.16 Å². The number of hydrogen-bond donors (Lipinski definition) is 4. The van der Waals surface area contributed by atoms with Gasteiger partial charge in [-0.2, -0.15) is 0 Å². The Balaban J connectivity index is 1.96. The van der Waals surface area contributed by atoms with Crippen LogP contribution in [0, 0.1) is 0 Å². The number of thioether (sulfide) groups is 1. The molecule has 5 N–H and O–H groups in total. The molecule has 0 bridgehead atoms. The topological polar surface area (TPSA) is 139 Å². The van der Waals surface area contributed by atoms with Gasteiger partial charge in [-0.25, -0.2) is 9.78 Å². The molecule has 1 aromatic heterocycles. The zero-order chi connectivity index (χ0) is 16.8. The second-order valence-electron chi connectivity index (χ2n) is 4.29. The zero-order valence-corrected chi connectivity index (χ0v) is 13.7. The molecule has 0 fully saturated rings. The van der Waals surface area contributed by atoms with Crippen LogP contribution in [-0.4, -0.2) is 52.5 Å². The van der Waals surface area contributed by atoms with Gasteiger partial charge in [0.25, 0.3) is 5.91 Å². The molecule has 1 atom stereocenters. The lowest BCUT2D eigenvalue weighted by Crippen LogP contribution is -2.43. The van der Waals surface area contributed by atoms with Crippen LogP contribution in [0.4, 0.5) is 5.13 Å². The van der Waals surface area contributed by atoms with Crippen molar-refractivity contribution in [2.75, 3.05) is 25.1 Å². The summed E-state index contributed by atoms with van der Waals surface area (Å²) in [6.45, 7) is 0.219. The summed E-state index contributed by atoms with van der Waals surface area (Å²) in [5.74, 6) is -0.955. The van der Waals surface area contributed by atoms with Crippen molar-refractivity contribution in [1.82, 2.24) is 15.6 Å². The Kier molecular flexibility index (Phi) is 5.82. The van der Waals surface area contributed by atoms with Crippen LogP contribution < -0.4 is 16.4 Å². The van der Waals surface area contributed by atoms with Gasteiger partial charge in [-0.3, -0.25) is 4.79 Å². The number of aromatic nitrogens is 1. The van der Waals surface area contributed by atoms with Crippen molar-refractivity contribution in [3.05, 3.63) is 22.8 Å². The summed E-state index contributed by atoms with van der Waals surface area (Å²) >= 11 is 2.67. The van der Waals surface area contributed by atoms with Crippen LogP contribution in [0.2, 0.25) is 0 Å². The summed E-state index contributed by atoms with van der Waals surface area (Å²) in [7, 11) is 1.32. The van der Waals surface area contributed by atoms with Crippen molar-refractivity contribution < 1.29 is 19.5 Å². The molecule has 1 aliphatic rings. The number of hydrogen-bond acceptors (Lipinski definition) is 9. The lowest BCUT2D eigenvalue weighted by Gasteiger charge is -2.23. The van der Waals surface area contributed by atoms with Crippen LogP contribution >= 0.6 is 23.1 Å². The summed E-state index contributed by atoms with van der Waals surface area (Å²) in [5, 5.41) is 19.8. The molecule has 9 nitrogen and oxygen atoms in total. The summed E-state index contributed by atoms with van der Waals surface area (Å²) in [4.78, 5) is 31.8. The van der Waals surface area contributed by atoms with E-state index >= 15 is 0 Å². The standard InChI is InChI=1S/C12H15N5O4S2/c1-21-17-9(7-5-23-12(13)16-7)10(18)14-4-8-15-6(11(19)20)2-3-22-8/h2,5,8,15H,3-4H2,1H3,(H2,13,16)(H,14,18)(H,19,20)/b17-9-/t8-/m1/s1. The monoisotopic (exact) mass is 357 g/mol. The SMILES string of the molecule is CO/N=C(\C(=O)NC[C@@H]1NC(C(=O)O)=CCS1)c1csc(N)n1. The number of nitrogens with zero attached hydrogens (tertiary/aromatic N) is 2. The highest BCUT2D eigenvalue weighted by Crippen LogP contribution is 2.16. The molecular formula is C12H15N5O4S2. The molecule has 124 valence electrons. The first-order valence-electron chi connectivity index (χ1n) is 6.43. The number of nitrogens with one attached hydrogen (secondary N) is 2. The summed E-state index contributed by atoms with van der Waals surface area (Å²) in [5.41, 5.74) is 6.01. The van der Waals surface area contributed by atoms with E-state index in [0.29, 0.717) is 16.6 Å².